The third kappa shape index (κ3) is 21.1. The van der Waals surface area contributed by atoms with E-state index in [-0.39, 0.29) is 74.8 Å². The Morgan fingerprint density at radius 2 is 1.29 bits per heavy atom. The predicted molar refractivity (Wildman–Crippen MR) is 285 cm³/mol. The van der Waals surface area contributed by atoms with Crippen LogP contribution in [0.3, 0.4) is 0 Å². The molecule has 2 aliphatic rings. The summed E-state index contributed by atoms with van der Waals surface area (Å²) >= 11 is 0. The molecule has 2 aromatic rings. The molecule has 0 aromatic heterocycles. The minimum atomic E-state index is -1.83. The maximum atomic E-state index is 14.7. The van der Waals surface area contributed by atoms with Crippen molar-refractivity contribution in [1.29, 1.82) is 0 Å². The van der Waals surface area contributed by atoms with Gasteiger partial charge in [-0.15, -0.1) is 0 Å². The SMILES string of the molecule is CC(=O)NC1CSSC[C@@H](C(=O)N2CCC[C@H]2C(=O)N[C@@H](CCCN=C(N)N)C(=O)NCC(N)=O)NC(=O)C(CC(N)=O)NC(=O)[C@H](CCC(N)=O)NC(=O)[C@H](Cc2ccccc2)NC(=O)C(Cc2ccc(O)cc2)NC1=O. The average molecular weight is 1130 g/mol. The quantitative estimate of drug-likeness (QED) is 0.0255. The van der Waals surface area contributed by atoms with Gasteiger partial charge < -0.3 is 81.2 Å². The van der Waals surface area contributed by atoms with E-state index in [2.05, 4.69) is 47.5 Å². The summed E-state index contributed by atoms with van der Waals surface area (Å²) in [4.78, 5) is 167. The highest BCUT2D eigenvalue weighted by molar-refractivity contribution is 8.76. The molecule has 2 heterocycles. The summed E-state index contributed by atoms with van der Waals surface area (Å²) in [6.07, 6.45) is -1.62. The Morgan fingerprint density at radius 1 is 0.718 bits per heavy atom. The fraction of sp³-hybridized carbons (Fsp3) is 0.479. The van der Waals surface area contributed by atoms with Gasteiger partial charge in [-0.05, 0) is 55.4 Å². The van der Waals surface area contributed by atoms with Crippen LogP contribution in [0, 0.1) is 0 Å². The molecule has 4 rings (SSSR count). The maximum absolute atomic E-state index is 14.7. The number of nitrogens with zero attached hydrogens (tertiary/aromatic N) is 2. The average Bonchev–Trinajstić information content (AvgIpc) is 3.88. The first-order valence-corrected chi connectivity index (χ1v) is 27.1. The summed E-state index contributed by atoms with van der Waals surface area (Å²) in [6.45, 7) is 0.658. The number of rotatable bonds is 20. The molecule has 30 heteroatoms. The summed E-state index contributed by atoms with van der Waals surface area (Å²) in [7, 11) is 1.90. The van der Waals surface area contributed by atoms with Crippen molar-refractivity contribution in [2.75, 3.05) is 31.1 Å². The zero-order valence-electron chi connectivity index (χ0n) is 42.7. The van der Waals surface area contributed by atoms with Crippen LogP contribution in [0.4, 0.5) is 0 Å². The van der Waals surface area contributed by atoms with Gasteiger partial charge in [-0.2, -0.15) is 0 Å². The second-order valence-corrected chi connectivity index (χ2v) is 20.8. The van der Waals surface area contributed by atoms with Crippen LogP contribution >= 0.6 is 21.6 Å². The molecule has 0 spiro atoms. The Balaban J connectivity index is 1.76. The molecule has 12 amide bonds. The zero-order valence-corrected chi connectivity index (χ0v) is 44.3. The van der Waals surface area contributed by atoms with Crippen LogP contribution in [0.15, 0.2) is 59.6 Å². The van der Waals surface area contributed by atoms with E-state index >= 15 is 0 Å². The first-order valence-electron chi connectivity index (χ1n) is 24.6. The van der Waals surface area contributed by atoms with Crippen molar-refractivity contribution in [3.05, 3.63) is 65.7 Å². The third-order valence-electron chi connectivity index (χ3n) is 12.0. The lowest BCUT2D eigenvalue weighted by atomic mass is 10.0. The van der Waals surface area contributed by atoms with Gasteiger partial charge in [0.05, 0.1) is 13.0 Å². The molecule has 2 saturated heterocycles. The standard InChI is InChI=1S/C48H67N15O13S2/c1-25(64)56-34-23-77-78-24-35(47(76)63-18-6-10-36(63)46(75)58-29(9-5-17-54-48(52)53)40(69)55-22-39(51)68)62-44(73)33(21-38(50)67)61-41(70)30(15-16-37(49)66)57-42(71)31(19-26-7-3-2-4-8-26)59-43(72)32(60-45(34)74)20-27-11-13-28(65)14-12-27/h2-4,7-8,11-14,29-36,65H,5-6,9-10,15-24H2,1H3,(H2,49,66)(H2,50,67)(H2,51,68)(H,55,69)(H,56,64)(H,57,71)(H,58,75)(H,59,72)(H,60,74)(H,61,70)(H,62,73)(H4,52,53,54)/t29-,30-,31-,32?,33?,34?,35-,36-/m0/s1. The molecule has 78 heavy (non-hydrogen) atoms. The van der Waals surface area contributed by atoms with Gasteiger partial charge in [0, 0.05) is 50.8 Å². The van der Waals surface area contributed by atoms with E-state index in [1.807, 2.05) is 0 Å². The zero-order chi connectivity index (χ0) is 57.5. The molecule has 8 atom stereocenters. The molecular weight excluding hydrogens is 1060 g/mol. The molecule has 19 N–H and O–H groups in total. The highest BCUT2D eigenvalue weighted by Gasteiger charge is 2.41. The Bertz CT molecular complexity index is 2540. The number of carbonyl (C=O) groups excluding carboxylic acids is 12. The largest absolute Gasteiger partial charge is 0.508 e. The van der Waals surface area contributed by atoms with Gasteiger partial charge >= 0.3 is 0 Å². The van der Waals surface area contributed by atoms with Gasteiger partial charge in [0.1, 0.15) is 54.1 Å². The van der Waals surface area contributed by atoms with Crippen molar-refractivity contribution >= 4 is 98.4 Å². The number of guanidine groups is 1. The summed E-state index contributed by atoms with van der Waals surface area (Å²) in [5.74, 6) is -11.6. The molecular formula is C48H67N15O13S2. The number of amides is 12. The number of primary amides is 3. The van der Waals surface area contributed by atoms with Crippen LogP contribution in [0.25, 0.3) is 0 Å². The number of phenols is 1. The van der Waals surface area contributed by atoms with Gasteiger partial charge in [-0.25, -0.2) is 0 Å². The molecule has 2 fully saturated rings. The van der Waals surface area contributed by atoms with Crippen LogP contribution in [0.5, 0.6) is 5.75 Å². The Labute approximate surface area is 456 Å². The number of hydrogen-bond acceptors (Lipinski definition) is 16. The van der Waals surface area contributed by atoms with Gasteiger partial charge in [-0.3, -0.25) is 62.5 Å². The summed E-state index contributed by atoms with van der Waals surface area (Å²) in [5, 5.41) is 30.2. The number of carbonyl (C=O) groups is 12. The van der Waals surface area contributed by atoms with Crippen LogP contribution in [0.1, 0.15) is 63.0 Å². The van der Waals surface area contributed by atoms with E-state index in [1.165, 1.54) is 24.3 Å². The van der Waals surface area contributed by atoms with Crippen molar-refractivity contribution < 1.29 is 62.6 Å². The van der Waals surface area contributed by atoms with Crippen molar-refractivity contribution in [1.82, 2.24) is 47.4 Å². The molecule has 0 bridgehead atoms. The molecule has 2 aromatic carbocycles. The van der Waals surface area contributed by atoms with Crippen molar-refractivity contribution in [3.63, 3.8) is 0 Å². The van der Waals surface area contributed by atoms with E-state index in [0.717, 1.165) is 33.4 Å². The van der Waals surface area contributed by atoms with E-state index in [1.54, 1.807) is 30.3 Å². The Hall–Kier alpha value is -8.15. The first kappa shape index (κ1) is 62.4. The number of benzene rings is 2. The predicted octanol–water partition coefficient (Wildman–Crippen LogP) is -5.23. The van der Waals surface area contributed by atoms with Crippen LogP contribution in [-0.2, 0) is 70.4 Å². The Morgan fingerprint density at radius 3 is 1.90 bits per heavy atom. The number of phenolic OH excluding ortho intramolecular Hbond substituents is 1. The van der Waals surface area contributed by atoms with Gasteiger partial charge in [0.2, 0.25) is 70.9 Å². The van der Waals surface area contributed by atoms with Gasteiger partial charge in [0.15, 0.2) is 5.96 Å². The maximum Gasteiger partial charge on any atom is 0.246 e. The van der Waals surface area contributed by atoms with Crippen LogP contribution < -0.4 is 71.2 Å². The van der Waals surface area contributed by atoms with Gasteiger partial charge in [0.25, 0.3) is 0 Å². The summed E-state index contributed by atoms with van der Waals surface area (Å²) < 4.78 is 0. The summed E-state index contributed by atoms with van der Waals surface area (Å²) in [6, 6.07) is 2.30. The number of aromatic hydroxyl groups is 1. The normalized spacial score (nSPS) is 22.1. The number of aliphatic imine (C=N–C) groups is 1. The van der Waals surface area contributed by atoms with Crippen LogP contribution in [-0.4, -0.2) is 166 Å². The molecule has 0 radical (unpaired) electrons. The Kier molecular flexibility index (Phi) is 24.9. The second-order valence-electron chi connectivity index (χ2n) is 18.2. The number of hydrogen-bond donors (Lipinski definition) is 14. The van der Waals surface area contributed by atoms with E-state index in [9.17, 15) is 62.6 Å². The molecule has 28 nitrogen and oxygen atoms in total. The first-order chi connectivity index (χ1) is 37.0. The van der Waals surface area contributed by atoms with Gasteiger partial charge in [-0.1, -0.05) is 64.1 Å². The third-order valence-corrected chi connectivity index (χ3v) is 14.4. The lowest BCUT2D eigenvalue weighted by Crippen LogP contribution is -2.61. The highest BCUT2D eigenvalue weighted by Crippen LogP contribution is 2.26. The second kappa shape index (κ2) is 31.2. The minimum absolute atomic E-state index is 0.0155. The summed E-state index contributed by atoms with van der Waals surface area (Å²) in [5.41, 5.74) is 28.1. The number of likely N-dealkylation sites (tertiary alicyclic amines) is 1. The topological polar surface area (TPSA) is 467 Å². The fourth-order valence-electron chi connectivity index (χ4n) is 8.14. The molecule has 3 unspecified atom stereocenters. The lowest BCUT2D eigenvalue weighted by molar-refractivity contribution is -0.142. The smallest absolute Gasteiger partial charge is 0.246 e. The van der Waals surface area contributed by atoms with Crippen molar-refractivity contribution in [3.8, 4) is 5.75 Å². The molecule has 424 valence electrons. The molecule has 0 saturated carbocycles. The van der Waals surface area contributed by atoms with E-state index < -0.39 is 145 Å². The number of nitrogens with one attached hydrogen (secondary N) is 8. The monoisotopic (exact) mass is 1130 g/mol. The highest BCUT2D eigenvalue weighted by atomic mass is 33.1. The van der Waals surface area contributed by atoms with Crippen LogP contribution in [0.2, 0.25) is 0 Å². The van der Waals surface area contributed by atoms with Crippen molar-refractivity contribution in [2.45, 2.75) is 113 Å². The lowest BCUT2D eigenvalue weighted by Gasteiger charge is -2.31. The minimum Gasteiger partial charge on any atom is -0.508 e. The van der Waals surface area contributed by atoms with E-state index in [0.29, 0.717) is 11.1 Å². The van der Waals surface area contributed by atoms with E-state index in [4.69, 9.17) is 28.7 Å². The fourth-order valence-corrected chi connectivity index (χ4v) is 10.5. The molecule has 2 aliphatic heterocycles. The number of nitrogens with two attached hydrogens (primary N) is 5. The van der Waals surface area contributed by atoms with Crippen molar-refractivity contribution in [2.24, 2.45) is 33.7 Å². The molecule has 0 aliphatic carbocycles.